The van der Waals surface area contributed by atoms with Crippen LogP contribution in [0.4, 0.5) is 0 Å². The predicted molar refractivity (Wildman–Crippen MR) is 74.5 cm³/mol. The van der Waals surface area contributed by atoms with Gasteiger partial charge in [0, 0.05) is 35.2 Å². The van der Waals surface area contributed by atoms with E-state index >= 15 is 0 Å². The van der Waals surface area contributed by atoms with Crippen LogP contribution in [0, 0.1) is 17.8 Å². The monoisotopic (exact) mass is 263 g/mol. The van der Waals surface area contributed by atoms with E-state index in [0.717, 1.165) is 11.1 Å². The van der Waals surface area contributed by atoms with Crippen LogP contribution in [0.2, 0.25) is 5.02 Å². The van der Waals surface area contributed by atoms with Crippen LogP contribution in [0.5, 0.6) is 0 Å². The van der Waals surface area contributed by atoms with Gasteiger partial charge in [-0.1, -0.05) is 29.5 Å². The minimum Gasteiger partial charge on any atom is -0.375 e. The van der Waals surface area contributed by atoms with Gasteiger partial charge in [0.05, 0.1) is 6.10 Å². The first kappa shape index (κ1) is 13.4. The zero-order valence-electron chi connectivity index (χ0n) is 10.7. The van der Waals surface area contributed by atoms with Crippen LogP contribution in [0.15, 0.2) is 18.2 Å². The lowest BCUT2D eigenvalue weighted by Gasteiger charge is -2.20. The Morgan fingerprint density at radius 3 is 2.67 bits per heavy atom. The number of methoxy groups -OCH3 is 1. The van der Waals surface area contributed by atoms with Crippen molar-refractivity contribution in [3.63, 3.8) is 0 Å². The molecule has 1 saturated carbocycles. The summed E-state index contributed by atoms with van der Waals surface area (Å²) in [6, 6.07) is 5.72. The molecule has 3 heteroatoms. The van der Waals surface area contributed by atoms with Gasteiger partial charge in [-0.25, -0.2) is 0 Å². The van der Waals surface area contributed by atoms with Gasteiger partial charge in [0.15, 0.2) is 0 Å². The zero-order valence-corrected chi connectivity index (χ0v) is 11.5. The number of halogens is 1. The third-order valence-corrected chi connectivity index (χ3v) is 3.36. The van der Waals surface area contributed by atoms with Crippen LogP contribution in [0.3, 0.4) is 0 Å². The summed E-state index contributed by atoms with van der Waals surface area (Å²) in [5.74, 6) is 6.97. The highest BCUT2D eigenvalue weighted by molar-refractivity contribution is 6.31. The predicted octanol–water partition coefficient (Wildman–Crippen LogP) is 3.14. The molecule has 2 atom stereocenters. The molecule has 1 aliphatic carbocycles. The molecular weight excluding hydrogens is 246 g/mol. The lowest BCUT2D eigenvalue weighted by Crippen LogP contribution is -2.26. The summed E-state index contributed by atoms with van der Waals surface area (Å²) in [6.45, 7) is 1.91. The summed E-state index contributed by atoms with van der Waals surface area (Å²) in [6.07, 6.45) is 2.28. The minimum atomic E-state index is -0.178. The third kappa shape index (κ3) is 3.26. The standard InChI is InChI=1S/C15H18ClNO/c1-10(17)15(18-2)13-8-7-12(9-14(13)16)6-5-11-3-4-11/h7-11,15H,3-4,17H2,1-2H3. The second-order valence-electron chi connectivity index (χ2n) is 4.80. The van der Waals surface area contributed by atoms with Gasteiger partial charge in [-0.2, -0.15) is 0 Å². The maximum absolute atomic E-state index is 6.27. The SMILES string of the molecule is COC(c1ccc(C#CC2CC2)cc1Cl)C(C)N. The molecule has 1 aromatic carbocycles. The van der Waals surface area contributed by atoms with Crippen molar-refractivity contribution < 1.29 is 4.74 Å². The van der Waals surface area contributed by atoms with Gasteiger partial charge in [-0.15, -0.1) is 0 Å². The van der Waals surface area contributed by atoms with Gasteiger partial charge in [0.25, 0.3) is 0 Å². The first-order chi connectivity index (χ1) is 8.61. The first-order valence-corrected chi connectivity index (χ1v) is 6.59. The number of nitrogens with two attached hydrogens (primary N) is 1. The van der Waals surface area contributed by atoms with Crippen molar-refractivity contribution in [2.75, 3.05) is 7.11 Å². The summed E-state index contributed by atoms with van der Waals surface area (Å²) in [5, 5.41) is 0.668. The average molecular weight is 264 g/mol. The molecule has 18 heavy (non-hydrogen) atoms. The molecule has 0 saturated heterocycles. The van der Waals surface area contributed by atoms with E-state index in [1.54, 1.807) is 7.11 Å². The molecule has 96 valence electrons. The van der Waals surface area contributed by atoms with Gasteiger partial charge in [0.1, 0.15) is 0 Å². The van der Waals surface area contributed by atoms with Gasteiger partial charge in [-0.05, 0) is 31.9 Å². The summed E-state index contributed by atoms with van der Waals surface area (Å²) < 4.78 is 5.38. The van der Waals surface area contributed by atoms with E-state index in [1.165, 1.54) is 12.8 Å². The van der Waals surface area contributed by atoms with Crippen molar-refractivity contribution in [3.8, 4) is 11.8 Å². The second-order valence-corrected chi connectivity index (χ2v) is 5.20. The summed E-state index contributed by atoms with van der Waals surface area (Å²) in [7, 11) is 1.64. The molecule has 1 aromatic rings. The van der Waals surface area contributed by atoms with Gasteiger partial charge in [-0.3, -0.25) is 0 Å². The molecule has 0 bridgehead atoms. The molecule has 0 aliphatic heterocycles. The van der Waals surface area contributed by atoms with E-state index in [9.17, 15) is 0 Å². The number of hydrogen-bond donors (Lipinski definition) is 1. The van der Waals surface area contributed by atoms with Gasteiger partial charge in [0.2, 0.25) is 0 Å². The highest BCUT2D eigenvalue weighted by Gasteiger charge is 2.19. The molecule has 2 nitrogen and oxygen atoms in total. The van der Waals surface area contributed by atoms with E-state index in [2.05, 4.69) is 11.8 Å². The van der Waals surface area contributed by atoms with Gasteiger partial charge < -0.3 is 10.5 Å². The second kappa shape index (κ2) is 5.75. The fourth-order valence-electron chi connectivity index (χ4n) is 1.87. The van der Waals surface area contributed by atoms with Crippen LogP contribution in [-0.4, -0.2) is 13.2 Å². The van der Waals surface area contributed by atoms with Crippen molar-refractivity contribution in [3.05, 3.63) is 34.3 Å². The topological polar surface area (TPSA) is 35.2 Å². The van der Waals surface area contributed by atoms with Crippen LogP contribution >= 0.6 is 11.6 Å². The van der Waals surface area contributed by atoms with Crippen molar-refractivity contribution in [1.82, 2.24) is 0 Å². The molecular formula is C15H18ClNO. The van der Waals surface area contributed by atoms with Crippen LogP contribution < -0.4 is 5.73 Å². The van der Waals surface area contributed by atoms with E-state index in [0.29, 0.717) is 10.9 Å². The molecule has 0 aromatic heterocycles. The maximum Gasteiger partial charge on any atom is 0.0983 e. The molecule has 2 N–H and O–H groups in total. The molecule has 2 rings (SSSR count). The van der Waals surface area contributed by atoms with Crippen molar-refractivity contribution >= 4 is 11.6 Å². The summed E-state index contributed by atoms with van der Waals surface area (Å²) in [5.41, 5.74) is 7.76. The third-order valence-electron chi connectivity index (χ3n) is 3.04. The first-order valence-electron chi connectivity index (χ1n) is 6.21. The number of rotatable bonds is 3. The van der Waals surface area contributed by atoms with E-state index in [-0.39, 0.29) is 12.1 Å². The summed E-state index contributed by atoms with van der Waals surface area (Å²) in [4.78, 5) is 0. The molecule has 2 unspecified atom stereocenters. The van der Waals surface area contributed by atoms with E-state index in [4.69, 9.17) is 22.1 Å². The Hall–Kier alpha value is -1.01. The Morgan fingerprint density at radius 2 is 2.17 bits per heavy atom. The molecule has 0 amide bonds. The van der Waals surface area contributed by atoms with Crippen molar-refractivity contribution in [2.45, 2.75) is 31.9 Å². The van der Waals surface area contributed by atoms with E-state index in [1.807, 2.05) is 25.1 Å². The molecule has 0 radical (unpaired) electrons. The Morgan fingerprint density at radius 1 is 1.44 bits per heavy atom. The number of benzene rings is 1. The Kier molecular flexibility index (Phi) is 4.29. The largest absolute Gasteiger partial charge is 0.375 e. The summed E-state index contributed by atoms with van der Waals surface area (Å²) >= 11 is 6.27. The Labute approximate surface area is 113 Å². The van der Waals surface area contributed by atoms with Crippen LogP contribution in [-0.2, 0) is 4.74 Å². The molecule has 1 fully saturated rings. The van der Waals surface area contributed by atoms with Crippen LogP contribution in [0.1, 0.15) is 37.0 Å². The molecule has 1 aliphatic rings. The molecule has 0 heterocycles. The minimum absolute atomic E-state index is 0.101. The lowest BCUT2D eigenvalue weighted by atomic mass is 10.0. The highest BCUT2D eigenvalue weighted by atomic mass is 35.5. The van der Waals surface area contributed by atoms with Crippen molar-refractivity contribution in [1.29, 1.82) is 0 Å². The fourth-order valence-corrected chi connectivity index (χ4v) is 2.16. The fraction of sp³-hybridized carbons (Fsp3) is 0.467. The normalized spacial score (nSPS) is 17.8. The quantitative estimate of drug-likeness (QED) is 0.851. The zero-order chi connectivity index (χ0) is 13.1. The lowest BCUT2D eigenvalue weighted by molar-refractivity contribution is 0.0854. The number of ether oxygens (including phenoxy) is 1. The van der Waals surface area contributed by atoms with Gasteiger partial charge >= 0.3 is 0 Å². The smallest absolute Gasteiger partial charge is 0.0983 e. The maximum atomic E-state index is 6.27. The Bertz CT molecular complexity index is 483. The Balaban J connectivity index is 2.21. The highest BCUT2D eigenvalue weighted by Crippen LogP contribution is 2.29. The van der Waals surface area contributed by atoms with Crippen molar-refractivity contribution in [2.24, 2.45) is 11.7 Å². The number of hydrogen-bond acceptors (Lipinski definition) is 2. The molecule has 0 spiro atoms. The van der Waals surface area contributed by atoms with Crippen LogP contribution in [0.25, 0.3) is 0 Å². The average Bonchev–Trinajstić information content (AvgIpc) is 3.13. The van der Waals surface area contributed by atoms with E-state index < -0.39 is 0 Å².